The number of hydrogen-bond donors (Lipinski definition) is 3. The van der Waals surface area contributed by atoms with E-state index in [9.17, 15) is 9.50 Å². The molecule has 5 heteroatoms. The molecule has 0 aromatic heterocycles. The number of piperidine rings is 1. The maximum atomic E-state index is 13.2. The maximum Gasteiger partial charge on any atom is 0.123 e. The summed E-state index contributed by atoms with van der Waals surface area (Å²) in [5.41, 5.74) is 6.81. The number of aliphatic hydroxyl groups excluding tert-OH is 1. The minimum atomic E-state index is -0.378. The van der Waals surface area contributed by atoms with E-state index in [1.165, 1.54) is 12.1 Å². The molecule has 1 heterocycles. The van der Waals surface area contributed by atoms with E-state index in [0.29, 0.717) is 12.1 Å². The Balaban J connectivity index is 2.13. The number of nitrogen functional groups attached to an aromatic ring is 1. The number of rotatable bonds is 3. The van der Waals surface area contributed by atoms with Gasteiger partial charge in [0.15, 0.2) is 0 Å². The number of nitrogens with two attached hydrogens (primary N) is 1. The zero-order chi connectivity index (χ0) is 14.0. The van der Waals surface area contributed by atoms with E-state index in [0.717, 1.165) is 25.1 Å². The number of likely N-dealkylation sites (tertiary alicyclic amines) is 1. The normalized spacial score (nSPS) is 24.4. The second-order valence-electron chi connectivity index (χ2n) is 5.28. The number of nitrogens with one attached hydrogen (secondary N) is 1. The molecule has 0 bridgehead atoms. The number of hydrogen-bond acceptors (Lipinski definition) is 3. The van der Waals surface area contributed by atoms with E-state index in [-0.39, 0.29) is 23.7 Å². The Morgan fingerprint density at radius 2 is 2.32 bits per heavy atom. The predicted octanol–water partition coefficient (Wildman–Crippen LogP) is 1.31. The summed E-state index contributed by atoms with van der Waals surface area (Å²) in [5, 5.41) is 17.2. The zero-order valence-electron chi connectivity index (χ0n) is 11.1. The molecule has 0 radical (unpaired) electrons. The molecule has 2 atom stereocenters. The highest BCUT2D eigenvalue weighted by molar-refractivity contribution is 5.96. The second kappa shape index (κ2) is 5.67. The largest absolute Gasteiger partial charge is 0.393 e. The van der Waals surface area contributed by atoms with Gasteiger partial charge in [-0.25, -0.2) is 4.39 Å². The molecule has 1 aromatic rings. The van der Waals surface area contributed by atoms with Crippen molar-refractivity contribution in [1.82, 2.24) is 4.90 Å². The van der Waals surface area contributed by atoms with Crippen molar-refractivity contribution in [3.63, 3.8) is 0 Å². The molecule has 0 saturated carbocycles. The van der Waals surface area contributed by atoms with Gasteiger partial charge in [-0.15, -0.1) is 0 Å². The molecule has 104 valence electrons. The molecule has 1 fully saturated rings. The van der Waals surface area contributed by atoms with Crippen LogP contribution in [0.3, 0.4) is 0 Å². The SMILES string of the molecule is CC1CN(Cc2ccc(F)cc2C(=N)N)CCC1O. The second-order valence-corrected chi connectivity index (χ2v) is 5.28. The molecule has 0 spiro atoms. The molecule has 2 unspecified atom stereocenters. The van der Waals surface area contributed by atoms with Gasteiger partial charge >= 0.3 is 0 Å². The van der Waals surface area contributed by atoms with E-state index in [4.69, 9.17) is 11.1 Å². The fourth-order valence-corrected chi connectivity index (χ4v) is 2.54. The molecule has 2 rings (SSSR count). The first-order valence-corrected chi connectivity index (χ1v) is 6.50. The Bertz CT molecular complexity index is 478. The van der Waals surface area contributed by atoms with Crippen LogP contribution in [0, 0.1) is 17.1 Å². The van der Waals surface area contributed by atoms with Crippen molar-refractivity contribution in [3.8, 4) is 0 Å². The third-order valence-corrected chi connectivity index (χ3v) is 3.70. The molecule has 1 aliphatic rings. The van der Waals surface area contributed by atoms with E-state index >= 15 is 0 Å². The van der Waals surface area contributed by atoms with Crippen LogP contribution in [0.15, 0.2) is 18.2 Å². The van der Waals surface area contributed by atoms with Crippen LogP contribution in [0.1, 0.15) is 24.5 Å². The Morgan fingerprint density at radius 3 is 2.95 bits per heavy atom. The number of benzene rings is 1. The van der Waals surface area contributed by atoms with Gasteiger partial charge in [0.25, 0.3) is 0 Å². The number of halogens is 1. The molecule has 4 nitrogen and oxygen atoms in total. The average Bonchev–Trinajstić information content (AvgIpc) is 2.36. The van der Waals surface area contributed by atoms with Gasteiger partial charge in [-0.2, -0.15) is 0 Å². The van der Waals surface area contributed by atoms with Gasteiger partial charge in [-0.1, -0.05) is 13.0 Å². The van der Waals surface area contributed by atoms with E-state index in [1.54, 1.807) is 6.07 Å². The molecular formula is C14H20FN3O. The lowest BCUT2D eigenvalue weighted by atomic mass is 9.96. The van der Waals surface area contributed by atoms with Crippen molar-refractivity contribution in [1.29, 1.82) is 5.41 Å². The van der Waals surface area contributed by atoms with Crippen LogP contribution in [0.5, 0.6) is 0 Å². The number of aliphatic hydroxyl groups is 1. The smallest absolute Gasteiger partial charge is 0.123 e. The molecule has 4 N–H and O–H groups in total. The lowest BCUT2D eigenvalue weighted by Crippen LogP contribution is -2.41. The number of amidine groups is 1. The van der Waals surface area contributed by atoms with Gasteiger partial charge < -0.3 is 10.8 Å². The molecular weight excluding hydrogens is 245 g/mol. The third kappa shape index (κ3) is 3.30. The minimum absolute atomic E-state index is 0.111. The summed E-state index contributed by atoms with van der Waals surface area (Å²) in [6, 6.07) is 4.38. The van der Waals surface area contributed by atoms with Gasteiger partial charge in [0.1, 0.15) is 11.7 Å². The highest BCUT2D eigenvalue weighted by Crippen LogP contribution is 2.20. The summed E-state index contributed by atoms with van der Waals surface area (Å²) in [6.07, 6.45) is 0.509. The minimum Gasteiger partial charge on any atom is -0.393 e. The third-order valence-electron chi connectivity index (χ3n) is 3.70. The van der Waals surface area contributed by atoms with E-state index in [1.807, 2.05) is 6.92 Å². The Labute approximate surface area is 112 Å². The fourth-order valence-electron chi connectivity index (χ4n) is 2.54. The van der Waals surface area contributed by atoms with Crippen LogP contribution < -0.4 is 5.73 Å². The topological polar surface area (TPSA) is 73.3 Å². The summed E-state index contributed by atoms with van der Waals surface area (Å²) in [6.45, 7) is 4.26. The Kier molecular flexibility index (Phi) is 4.17. The average molecular weight is 265 g/mol. The van der Waals surface area contributed by atoms with Crippen LogP contribution in [0.25, 0.3) is 0 Å². The van der Waals surface area contributed by atoms with Crippen molar-refractivity contribution in [2.75, 3.05) is 13.1 Å². The molecule has 1 aliphatic heterocycles. The summed E-state index contributed by atoms with van der Waals surface area (Å²) in [7, 11) is 0. The van der Waals surface area contributed by atoms with Gasteiger partial charge in [-0.3, -0.25) is 10.3 Å². The monoisotopic (exact) mass is 265 g/mol. The lowest BCUT2D eigenvalue weighted by Gasteiger charge is -2.34. The highest BCUT2D eigenvalue weighted by Gasteiger charge is 2.24. The summed E-state index contributed by atoms with van der Waals surface area (Å²) in [4.78, 5) is 2.21. The van der Waals surface area contributed by atoms with Crippen LogP contribution in [0.2, 0.25) is 0 Å². The van der Waals surface area contributed by atoms with E-state index in [2.05, 4.69) is 4.90 Å². The predicted molar refractivity (Wildman–Crippen MR) is 72.5 cm³/mol. The highest BCUT2D eigenvalue weighted by atomic mass is 19.1. The fraction of sp³-hybridized carbons (Fsp3) is 0.500. The van der Waals surface area contributed by atoms with E-state index < -0.39 is 0 Å². The van der Waals surface area contributed by atoms with Crippen LogP contribution in [0.4, 0.5) is 4.39 Å². The van der Waals surface area contributed by atoms with Crippen LogP contribution in [-0.4, -0.2) is 35.0 Å². The van der Waals surface area contributed by atoms with Gasteiger partial charge in [0.2, 0.25) is 0 Å². The first-order valence-electron chi connectivity index (χ1n) is 6.50. The van der Waals surface area contributed by atoms with Crippen LogP contribution >= 0.6 is 0 Å². The quantitative estimate of drug-likeness (QED) is 0.570. The van der Waals surface area contributed by atoms with Crippen molar-refractivity contribution in [2.45, 2.75) is 26.0 Å². The van der Waals surface area contributed by atoms with Crippen molar-refractivity contribution in [2.24, 2.45) is 11.7 Å². The maximum absolute atomic E-state index is 13.2. The Morgan fingerprint density at radius 1 is 1.58 bits per heavy atom. The molecule has 1 aromatic carbocycles. The standard InChI is InChI=1S/C14H20FN3O/c1-9-7-18(5-4-13(9)19)8-10-2-3-11(15)6-12(10)14(16)17/h2-3,6,9,13,19H,4-5,7-8H2,1H3,(H3,16,17). The molecule has 19 heavy (non-hydrogen) atoms. The lowest BCUT2D eigenvalue weighted by molar-refractivity contribution is 0.0320. The van der Waals surface area contributed by atoms with Crippen molar-refractivity contribution in [3.05, 3.63) is 35.1 Å². The first kappa shape index (κ1) is 14.0. The van der Waals surface area contributed by atoms with Crippen molar-refractivity contribution < 1.29 is 9.50 Å². The molecule has 0 aliphatic carbocycles. The molecule has 0 amide bonds. The number of nitrogens with zero attached hydrogens (tertiary/aromatic N) is 1. The summed E-state index contributed by atoms with van der Waals surface area (Å²) in [5.74, 6) is -0.258. The van der Waals surface area contributed by atoms with Gasteiger partial charge in [0.05, 0.1) is 6.10 Å². The van der Waals surface area contributed by atoms with Gasteiger partial charge in [0, 0.05) is 25.2 Å². The molecule has 1 saturated heterocycles. The Hall–Kier alpha value is -1.46. The van der Waals surface area contributed by atoms with Crippen LogP contribution in [-0.2, 0) is 6.54 Å². The summed E-state index contributed by atoms with van der Waals surface area (Å²) < 4.78 is 13.2. The zero-order valence-corrected chi connectivity index (χ0v) is 11.1. The summed E-state index contributed by atoms with van der Waals surface area (Å²) >= 11 is 0. The first-order chi connectivity index (χ1) is 8.97. The van der Waals surface area contributed by atoms with Gasteiger partial charge in [-0.05, 0) is 30.0 Å². The van der Waals surface area contributed by atoms with Crippen molar-refractivity contribution >= 4 is 5.84 Å².